The zero-order chi connectivity index (χ0) is 28.0. The van der Waals surface area contributed by atoms with Gasteiger partial charge in [-0.2, -0.15) is 5.10 Å². The van der Waals surface area contributed by atoms with E-state index in [0.717, 1.165) is 18.0 Å². The Morgan fingerprint density at radius 2 is 1.79 bits per heavy atom. The lowest BCUT2D eigenvalue weighted by atomic mass is 10.0. The lowest BCUT2D eigenvalue weighted by Gasteiger charge is -2.41. The Labute approximate surface area is 221 Å². The molecule has 1 atom stereocenters. The number of benzene rings is 1. The molecule has 2 aliphatic rings. The molecule has 1 saturated heterocycles. The van der Waals surface area contributed by atoms with Gasteiger partial charge >= 0.3 is 12.1 Å². The van der Waals surface area contributed by atoms with Crippen LogP contribution in [0.4, 0.5) is 28.6 Å². The average molecular weight is 543 g/mol. The van der Waals surface area contributed by atoms with Crippen LogP contribution in [0.5, 0.6) is 5.75 Å². The number of urea groups is 1. The standard InChI is InChI=1S/C26H25F3N6O4/c1-13-23(14(2)33(3)24(13)32-25(36)37)20-9-22(19(29)10-30-20)39-18-11-34(12-18)26(38)35-21(4-5-31-35)15-6-16(27)8-17(28)7-15/h5-10,18,21,32H,4,11-12H2,1-3H3,(H,36,37)/t21-/m0/s1. The van der Waals surface area contributed by atoms with Gasteiger partial charge in [-0.25, -0.2) is 27.8 Å². The van der Waals surface area contributed by atoms with Gasteiger partial charge in [-0.3, -0.25) is 10.3 Å². The van der Waals surface area contributed by atoms with E-state index in [4.69, 9.17) is 9.84 Å². The number of pyridine rings is 1. The normalized spacial score (nSPS) is 16.9. The van der Waals surface area contributed by atoms with E-state index in [0.29, 0.717) is 34.6 Å². The zero-order valence-electron chi connectivity index (χ0n) is 21.3. The van der Waals surface area contributed by atoms with Gasteiger partial charge in [-0.1, -0.05) is 0 Å². The number of hydrazone groups is 1. The van der Waals surface area contributed by atoms with Crippen molar-refractivity contribution < 1.29 is 32.6 Å². The Bertz CT molecular complexity index is 1480. The predicted octanol–water partition coefficient (Wildman–Crippen LogP) is 4.83. The third-order valence-corrected chi connectivity index (χ3v) is 6.94. The molecule has 2 aliphatic heterocycles. The number of rotatable bonds is 5. The molecule has 2 aromatic heterocycles. The third-order valence-electron chi connectivity index (χ3n) is 6.94. The van der Waals surface area contributed by atoms with Crippen molar-refractivity contribution in [1.29, 1.82) is 0 Å². The van der Waals surface area contributed by atoms with Crippen LogP contribution >= 0.6 is 0 Å². The quantitative estimate of drug-likeness (QED) is 0.480. The van der Waals surface area contributed by atoms with Crippen LogP contribution in [-0.2, 0) is 7.05 Å². The van der Waals surface area contributed by atoms with Crippen LogP contribution in [-0.4, -0.2) is 62.1 Å². The van der Waals surface area contributed by atoms with E-state index in [1.54, 1.807) is 25.5 Å². The van der Waals surface area contributed by atoms with Crippen molar-refractivity contribution in [2.45, 2.75) is 32.4 Å². The number of ether oxygens (including phenoxy) is 1. The van der Waals surface area contributed by atoms with Gasteiger partial charge in [0.25, 0.3) is 0 Å². The van der Waals surface area contributed by atoms with E-state index in [1.165, 1.54) is 34.3 Å². The molecule has 0 saturated carbocycles. The number of hydrogen-bond acceptors (Lipinski definition) is 5. The first-order valence-corrected chi connectivity index (χ1v) is 12.1. The maximum absolute atomic E-state index is 14.6. The van der Waals surface area contributed by atoms with Gasteiger partial charge in [0.15, 0.2) is 11.6 Å². The minimum atomic E-state index is -1.21. The number of nitrogens with zero attached hydrogens (tertiary/aromatic N) is 5. The van der Waals surface area contributed by atoms with Crippen LogP contribution in [0.25, 0.3) is 11.3 Å². The summed E-state index contributed by atoms with van der Waals surface area (Å²) < 4.78 is 49.5. The highest BCUT2D eigenvalue weighted by molar-refractivity contribution is 5.86. The van der Waals surface area contributed by atoms with E-state index >= 15 is 0 Å². The zero-order valence-corrected chi connectivity index (χ0v) is 21.3. The van der Waals surface area contributed by atoms with Crippen LogP contribution in [0.1, 0.15) is 29.3 Å². The SMILES string of the molecule is Cc1c(-c2cc(OC3CN(C(=O)N4N=CC[C@H]4c4cc(F)cc(F)c4)C3)c(F)cn2)c(C)n(C)c1NC(=O)O. The summed E-state index contributed by atoms with van der Waals surface area (Å²) in [5, 5.41) is 16.8. The highest BCUT2D eigenvalue weighted by atomic mass is 19.1. The number of carbonyl (C=O) groups excluding carboxylic acids is 1. The highest BCUT2D eigenvalue weighted by Gasteiger charge is 2.39. The van der Waals surface area contributed by atoms with Gasteiger partial charge in [0.2, 0.25) is 0 Å². The smallest absolute Gasteiger partial charge is 0.410 e. The van der Waals surface area contributed by atoms with E-state index in [1.807, 2.05) is 0 Å². The van der Waals surface area contributed by atoms with Crippen molar-refractivity contribution >= 4 is 24.2 Å². The molecule has 3 amide bonds. The molecule has 2 N–H and O–H groups in total. The number of nitrogens with one attached hydrogen (secondary N) is 1. The van der Waals surface area contributed by atoms with E-state index < -0.39 is 41.7 Å². The molecule has 10 nitrogen and oxygen atoms in total. The lowest BCUT2D eigenvalue weighted by Crippen LogP contribution is -2.58. The fraction of sp³-hybridized carbons (Fsp3) is 0.308. The molecule has 0 bridgehead atoms. The number of halogens is 3. The van der Waals surface area contributed by atoms with Crippen molar-refractivity contribution in [2.24, 2.45) is 12.1 Å². The van der Waals surface area contributed by atoms with Gasteiger partial charge < -0.3 is 19.3 Å². The highest BCUT2D eigenvalue weighted by Crippen LogP contribution is 2.36. The Balaban J connectivity index is 1.28. The topological polar surface area (TPSA) is 112 Å². The fourth-order valence-corrected chi connectivity index (χ4v) is 4.92. The summed E-state index contributed by atoms with van der Waals surface area (Å²) >= 11 is 0. The fourth-order valence-electron chi connectivity index (χ4n) is 4.92. The second-order valence-electron chi connectivity index (χ2n) is 9.45. The molecule has 204 valence electrons. The van der Waals surface area contributed by atoms with Gasteiger partial charge in [-0.15, -0.1) is 0 Å². The third kappa shape index (κ3) is 4.87. The number of aromatic nitrogens is 2. The predicted molar refractivity (Wildman–Crippen MR) is 135 cm³/mol. The maximum atomic E-state index is 14.6. The molecular formula is C26H25F3N6O4. The molecule has 0 radical (unpaired) electrons. The molecule has 13 heteroatoms. The molecule has 39 heavy (non-hydrogen) atoms. The summed E-state index contributed by atoms with van der Waals surface area (Å²) in [6.45, 7) is 3.84. The van der Waals surface area contributed by atoms with Gasteiger partial charge in [0.1, 0.15) is 23.6 Å². The minimum absolute atomic E-state index is 0.0557. The lowest BCUT2D eigenvalue weighted by molar-refractivity contribution is 0.0256. The monoisotopic (exact) mass is 542 g/mol. The number of carboxylic acid groups (broad SMARTS) is 1. The maximum Gasteiger partial charge on any atom is 0.410 e. The number of carbonyl (C=O) groups is 2. The van der Waals surface area contributed by atoms with Crippen LogP contribution < -0.4 is 10.1 Å². The first-order valence-electron chi connectivity index (χ1n) is 12.1. The average Bonchev–Trinajstić information content (AvgIpc) is 3.41. The van der Waals surface area contributed by atoms with E-state index in [9.17, 15) is 22.8 Å². The van der Waals surface area contributed by atoms with Crippen molar-refractivity contribution in [3.05, 3.63) is 64.7 Å². The molecule has 0 spiro atoms. The van der Waals surface area contributed by atoms with Crippen molar-refractivity contribution in [1.82, 2.24) is 19.5 Å². The van der Waals surface area contributed by atoms with Crippen molar-refractivity contribution in [3.63, 3.8) is 0 Å². The Kier molecular flexibility index (Phi) is 6.66. The van der Waals surface area contributed by atoms with Crippen LogP contribution in [0.3, 0.4) is 0 Å². The Morgan fingerprint density at radius 1 is 1.10 bits per heavy atom. The van der Waals surface area contributed by atoms with Crippen LogP contribution in [0.15, 0.2) is 35.6 Å². The molecule has 1 fully saturated rings. The number of amides is 3. The van der Waals surface area contributed by atoms with Crippen LogP contribution in [0.2, 0.25) is 0 Å². The first kappa shape index (κ1) is 26.1. The molecule has 1 aromatic carbocycles. The van der Waals surface area contributed by atoms with Crippen LogP contribution in [0, 0.1) is 31.3 Å². The minimum Gasteiger partial charge on any atom is -0.483 e. The molecule has 3 aromatic rings. The van der Waals surface area contributed by atoms with E-state index in [2.05, 4.69) is 15.4 Å². The molecule has 0 aliphatic carbocycles. The number of anilines is 1. The summed E-state index contributed by atoms with van der Waals surface area (Å²) in [7, 11) is 1.71. The number of likely N-dealkylation sites (tertiary alicyclic amines) is 1. The summed E-state index contributed by atoms with van der Waals surface area (Å²) in [4.78, 5) is 29.8. The Morgan fingerprint density at radius 3 is 2.46 bits per heavy atom. The first-order chi connectivity index (χ1) is 18.5. The van der Waals surface area contributed by atoms with Gasteiger partial charge in [0.05, 0.1) is 31.0 Å². The summed E-state index contributed by atoms with van der Waals surface area (Å²) in [5.41, 5.74) is 2.69. The molecule has 4 heterocycles. The molecular weight excluding hydrogens is 517 g/mol. The summed E-state index contributed by atoms with van der Waals surface area (Å²) in [6.07, 6.45) is 1.15. The Hall–Kier alpha value is -4.55. The van der Waals surface area contributed by atoms with Crippen molar-refractivity contribution in [3.8, 4) is 17.0 Å². The largest absolute Gasteiger partial charge is 0.483 e. The number of hydrogen-bond donors (Lipinski definition) is 2. The van der Waals surface area contributed by atoms with Gasteiger partial charge in [0, 0.05) is 48.6 Å². The summed E-state index contributed by atoms with van der Waals surface area (Å²) in [6, 6.07) is 3.46. The summed E-state index contributed by atoms with van der Waals surface area (Å²) in [5.74, 6) is -1.84. The molecule has 0 unspecified atom stereocenters. The van der Waals surface area contributed by atoms with Gasteiger partial charge in [-0.05, 0) is 31.5 Å². The van der Waals surface area contributed by atoms with Crippen molar-refractivity contribution in [2.75, 3.05) is 18.4 Å². The second-order valence-corrected chi connectivity index (χ2v) is 9.45. The molecule has 5 rings (SSSR count). The van der Waals surface area contributed by atoms with E-state index in [-0.39, 0.29) is 18.8 Å². The second kappa shape index (κ2) is 9.97.